The van der Waals surface area contributed by atoms with Gasteiger partial charge in [0.15, 0.2) is 0 Å². The van der Waals surface area contributed by atoms with Crippen LogP contribution >= 0.6 is 0 Å². The molecule has 8 nitrogen and oxygen atoms in total. The van der Waals surface area contributed by atoms with Crippen LogP contribution in [-0.2, 0) is 23.9 Å². The van der Waals surface area contributed by atoms with Gasteiger partial charge < -0.3 is 24.8 Å². The van der Waals surface area contributed by atoms with Crippen LogP contribution in [0.1, 0.15) is 51.2 Å². The van der Waals surface area contributed by atoms with E-state index in [0.717, 1.165) is 11.1 Å². The lowest BCUT2D eigenvalue weighted by atomic mass is 9.65. The zero-order valence-corrected chi connectivity index (χ0v) is 20.0. The number of rotatable bonds is 7. The van der Waals surface area contributed by atoms with Gasteiger partial charge in [-0.3, -0.25) is 14.4 Å². The second kappa shape index (κ2) is 8.40. The van der Waals surface area contributed by atoms with E-state index in [1.165, 1.54) is 4.90 Å². The Morgan fingerprint density at radius 2 is 1.94 bits per heavy atom. The fourth-order valence-corrected chi connectivity index (χ4v) is 6.31. The van der Waals surface area contributed by atoms with E-state index in [-0.39, 0.29) is 25.0 Å². The van der Waals surface area contributed by atoms with Crippen molar-refractivity contribution in [1.29, 1.82) is 0 Å². The molecule has 3 aliphatic heterocycles. The minimum atomic E-state index is -1.13. The van der Waals surface area contributed by atoms with Gasteiger partial charge in [-0.1, -0.05) is 25.1 Å². The molecule has 0 aromatic heterocycles. The first-order valence-corrected chi connectivity index (χ1v) is 11.8. The number of nitrogens with zero attached hydrogens (tertiary/aromatic N) is 1. The third kappa shape index (κ3) is 3.29. The number of carbonyl (C=O) groups is 3. The number of fused-ring (bicyclic) bond motifs is 1. The molecule has 1 spiro atoms. The average molecular weight is 459 g/mol. The van der Waals surface area contributed by atoms with E-state index in [2.05, 4.69) is 5.32 Å². The Hall–Kier alpha value is -2.45. The molecule has 0 saturated carbocycles. The fourth-order valence-electron chi connectivity index (χ4n) is 6.31. The van der Waals surface area contributed by atoms with Crippen molar-refractivity contribution in [3.05, 3.63) is 29.3 Å². The number of aryl methyl sites for hydroxylation is 2. The summed E-state index contributed by atoms with van der Waals surface area (Å²) in [5.74, 6) is -2.72. The molecule has 0 radical (unpaired) electrons. The van der Waals surface area contributed by atoms with Crippen LogP contribution in [0.5, 0.6) is 0 Å². The number of amides is 2. The maximum absolute atomic E-state index is 13.8. The molecule has 2 amide bonds. The smallest absolute Gasteiger partial charge is 0.312 e. The summed E-state index contributed by atoms with van der Waals surface area (Å²) in [6.45, 7) is 9.11. The van der Waals surface area contributed by atoms with E-state index in [9.17, 15) is 19.5 Å². The Labute approximate surface area is 194 Å². The van der Waals surface area contributed by atoms with Crippen LogP contribution in [0, 0.1) is 25.7 Å². The van der Waals surface area contributed by atoms with Gasteiger partial charge in [-0.2, -0.15) is 0 Å². The molecule has 3 saturated heterocycles. The minimum Gasteiger partial charge on any atom is -0.466 e. The van der Waals surface area contributed by atoms with Crippen molar-refractivity contribution in [2.45, 2.75) is 77.2 Å². The van der Waals surface area contributed by atoms with Crippen molar-refractivity contribution in [1.82, 2.24) is 4.90 Å². The van der Waals surface area contributed by atoms with E-state index in [1.807, 2.05) is 39.0 Å². The van der Waals surface area contributed by atoms with Gasteiger partial charge in [0.2, 0.25) is 11.8 Å². The fraction of sp³-hybridized carbons (Fsp3) is 0.640. The van der Waals surface area contributed by atoms with Crippen molar-refractivity contribution < 1.29 is 29.0 Å². The van der Waals surface area contributed by atoms with E-state index >= 15 is 0 Å². The monoisotopic (exact) mass is 458 g/mol. The largest absolute Gasteiger partial charge is 0.466 e. The molecule has 2 bridgehead atoms. The Balaban J connectivity index is 1.80. The molecule has 1 aromatic carbocycles. The van der Waals surface area contributed by atoms with Crippen LogP contribution in [0.4, 0.5) is 5.69 Å². The number of ether oxygens (including phenoxy) is 2. The highest BCUT2D eigenvalue weighted by atomic mass is 16.6. The quantitative estimate of drug-likeness (QED) is 0.608. The first kappa shape index (κ1) is 23.7. The number of hydrogen-bond donors (Lipinski definition) is 2. The molecular formula is C25H34N2O6. The standard InChI is InChI=1S/C25H34N2O6/c1-6-24-11-12-25(33-24)17(18(24)23(31)32-7-2)22(30)27(16(5)13-28)20(25)21(29)26-19-14(3)9-8-10-15(19)4/h8-10,16-18,20,28H,6-7,11-13H2,1-5H3,(H,26,29)/t16-,17+,18+,20?,24-,25?/m1/s1. The van der Waals surface area contributed by atoms with Gasteiger partial charge in [0.25, 0.3) is 0 Å². The molecule has 0 aliphatic carbocycles. The second-order valence-electron chi connectivity index (χ2n) is 9.62. The number of esters is 1. The summed E-state index contributed by atoms with van der Waals surface area (Å²) in [6.07, 6.45) is 1.61. The molecule has 1 aromatic rings. The number of para-hydroxylation sites is 1. The highest BCUT2D eigenvalue weighted by Gasteiger charge is 2.79. The van der Waals surface area contributed by atoms with Crippen molar-refractivity contribution in [2.24, 2.45) is 11.8 Å². The van der Waals surface area contributed by atoms with Crippen molar-refractivity contribution in [3.63, 3.8) is 0 Å². The van der Waals surface area contributed by atoms with Crippen LogP contribution in [0.15, 0.2) is 18.2 Å². The first-order valence-electron chi connectivity index (χ1n) is 11.8. The number of anilines is 1. The summed E-state index contributed by atoms with van der Waals surface area (Å²) < 4.78 is 12.0. The third-order valence-corrected chi connectivity index (χ3v) is 7.88. The molecule has 4 rings (SSSR count). The van der Waals surface area contributed by atoms with Gasteiger partial charge in [-0.15, -0.1) is 0 Å². The van der Waals surface area contributed by atoms with Crippen LogP contribution in [0.25, 0.3) is 0 Å². The molecule has 8 heteroatoms. The zero-order valence-electron chi connectivity index (χ0n) is 20.0. The highest BCUT2D eigenvalue weighted by molar-refractivity contribution is 6.04. The SMILES string of the molecule is CCOC(=O)[C@@H]1[C@H]2C(=O)N([C@H](C)CO)C(C(=O)Nc3c(C)cccc3C)C23CC[C@@]1(CC)O3. The molecule has 33 heavy (non-hydrogen) atoms. The van der Waals surface area contributed by atoms with Crippen molar-refractivity contribution in [3.8, 4) is 0 Å². The highest BCUT2D eigenvalue weighted by Crippen LogP contribution is 2.64. The number of nitrogens with one attached hydrogen (secondary N) is 1. The van der Waals surface area contributed by atoms with Gasteiger partial charge in [-0.25, -0.2) is 0 Å². The van der Waals surface area contributed by atoms with Gasteiger partial charge >= 0.3 is 5.97 Å². The molecule has 3 heterocycles. The lowest BCUT2D eigenvalue weighted by Crippen LogP contribution is -2.56. The van der Waals surface area contributed by atoms with E-state index in [0.29, 0.717) is 24.9 Å². The molecule has 2 unspecified atom stereocenters. The van der Waals surface area contributed by atoms with E-state index in [1.54, 1.807) is 13.8 Å². The topological polar surface area (TPSA) is 105 Å². The molecule has 2 N–H and O–H groups in total. The number of likely N-dealkylation sites (tertiary alicyclic amines) is 1. The maximum atomic E-state index is 13.8. The number of hydrogen-bond acceptors (Lipinski definition) is 6. The maximum Gasteiger partial charge on any atom is 0.312 e. The summed E-state index contributed by atoms with van der Waals surface area (Å²) in [5.41, 5.74) is 0.572. The van der Waals surface area contributed by atoms with Crippen LogP contribution in [0.2, 0.25) is 0 Å². The summed E-state index contributed by atoms with van der Waals surface area (Å²) in [4.78, 5) is 42.1. The van der Waals surface area contributed by atoms with E-state index < -0.39 is 41.1 Å². The number of carbonyl (C=O) groups excluding carboxylic acids is 3. The van der Waals surface area contributed by atoms with Crippen molar-refractivity contribution >= 4 is 23.5 Å². The molecule has 6 atom stereocenters. The Morgan fingerprint density at radius 1 is 1.27 bits per heavy atom. The number of benzene rings is 1. The first-order chi connectivity index (χ1) is 15.7. The normalized spacial score (nSPS) is 33.2. The number of aliphatic hydroxyl groups is 1. The van der Waals surface area contributed by atoms with Gasteiger partial charge in [-0.05, 0) is 58.1 Å². The zero-order chi connectivity index (χ0) is 24.1. The number of aliphatic hydroxyl groups excluding tert-OH is 1. The third-order valence-electron chi connectivity index (χ3n) is 7.88. The molecular weight excluding hydrogens is 424 g/mol. The average Bonchev–Trinajstić information content (AvgIpc) is 3.39. The summed E-state index contributed by atoms with van der Waals surface area (Å²) in [5, 5.41) is 12.9. The van der Waals surface area contributed by atoms with Crippen LogP contribution < -0.4 is 5.32 Å². The molecule has 3 fully saturated rings. The van der Waals surface area contributed by atoms with Gasteiger partial charge in [0.1, 0.15) is 17.6 Å². The van der Waals surface area contributed by atoms with Crippen molar-refractivity contribution in [2.75, 3.05) is 18.5 Å². The molecule has 180 valence electrons. The summed E-state index contributed by atoms with van der Waals surface area (Å²) in [6, 6.07) is 4.19. The summed E-state index contributed by atoms with van der Waals surface area (Å²) >= 11 is 0. The van der Waals surface area contributed by atoms with E-state index in [4.69, 9.17) is 9.47 Å². The predicted molar refractivity (Wildman–Crippen MR) is 121 cm³/mol. The second-order valence-corrected chi connectivity index (χ2v) is 9.62. The van der Waals surface area contributed by atoms with Crippen LogP contribution in [0.3, 0.4) is 0 Å². The predicted octanol–water partition coefficient (Wildman–Crippen LogP) is 2.34. The minimum absolute atomic E-state index is 0.205. The molecule has 3 aliphatic rings. The Morgan fingerprint density at radius 3 is 2.52 bits per heavy atom. The van der Waals surface area contributed by atoms with Gasteiger partial charge in [0, 0.05) is 5.69 Å². The van der Waals surface area contributed by atoms with Crippen LogP contribution in [-0.4, -0.2) is 64.3 Å². The summed E-state index contributed by atoms with van der Waals surface area (Å²) in [7, 11) is 0. The van der Waals surface area contributed by atoms with Gasteiger partial charge in [0.05, 0.1) is 30.8 Å². The Kier molecular flexibility index (Phi) is 6.03. The Bertz CT molecular complexity index is 959. The lowest BCUT2D eigenvalue weighted by molar-refractivity contribution is -0.161. The lowest BCUT2D eigenvalue weighted by Gasteiger charge is -2.36.